The highest BCUT2D eigenvalue weighted by Crippen LogP contribution is 2.31. The van der Waals surface area contributed by atoms with E-state index >= 15 is 0 Å². The SMILES string of the molecule is COc1ccc(/C=C(\C(=O)O)c2ccc(OC)c(Cl)c2)cc1O. The third-order valence-electron chi connectivity index (χ3n) is 3.21. The van der Waals surface area contributed by atoms with Gasteiger partial charge in [-0.2, -0.15) is 0 Å². The van der Waals surface area contributed by atoms with E-state index in [4.69, 9.17) is 21.1 Å². The molecule has 6 heteroatoms. The lowest BCUT2D eigenvalue weighted by atomic mass is 10.0. The molecular formula is C17H15ClO5. The molecule has 0 spiro atoms. The van der Waals surface area contributed by atoms with Crippen LogP contribution >= 0.6 is 11.6 Å². The third kappa shape index (κ3) is 3.76. The molecule has 0 radical (unpaired) electrons. The number of phenols is 1. The molecule has 120 valence electrons. The van der Waals surface area contributed by atoms with Crippen molar-refractivity contribution >= 4 is 29.2 Å². The van der Waals surface area contributed by atoms with E-state index in [0.29, 0.717) is 27.6 Å². The molecule has 23 heavy (non-hydrogen) atoms. The quantitative estimate of drug-likeness (QED) is 0.644. The molecule has 0 atom stereocenters. The number of aromatic hydroxyl groups is 1. The third-order valence-corrected chi connectivity index (χ3v) is 3.50. The van der Waals surface area contributed by atoms with Gasteiger partial charge < -0.3 is 19.7 Å². The predicted octanol–water partition coefficient (Wildman–Crippen LogP) is 3.69. The Morgan fingerprint density at radius 3 is 2.26 bits per heavy atom. The molecule has 0 aliphatic heterocycles. The van der Waals surface area contributed by atoms with E-state index in [-0.39, 0.29) is 11.3 Å². The Kier molecular flexibility index (Phi) is 5.13. The van der Waals surface area contributed by atoms with Crippen molar-refractivity contribution in [3.8, 4) is 17.2 Å². The van der Waals surface area contributed by atoms with Gasteiger partial charge in [0.1, 0.15) is 5.75 Å². The van der Waals surface area contributed by atoms with Crippen molar-refractivity contribution < 1.29 is 24.5 Å². The molecule has 0 amide bonds. The molecule has 0 aromatic heterocycles. The lowest BCUT2D eigenvalue weighted by Crippen LogP contribution is -2.00. The molecule has 2 aromatic rings. The average Bonchev–Trinajstić information content (AvgIpc) is 2.52. The Morgan fingerprint density at radius 2 is 1.74 bits per heavy atom. The van der Waals surface area contributed by atoms with Crippen molar-refractivity contribution in [2.24, 2.45) is 0 Å². The minimum atomic E-state index is -1.11. The second-order valence-corrected chi connectivity index (χ2v) is 5.05. The normalized spacial score (nSPS) is 11.2. The molecular weight excluding hydrogens is 320 g/mol. The zero-order chi connectivity index (χ0) is 17.0. The van der Waals surface area contributed by atoms with E-state index in [1.54, 1.807) is 24.3 Å². The fourth-order valence-electron chi connectivity index (χ4n) is 2.07. The van der Waals surface area contributed by atoms with E-state index in [1.165, 1.54) is 32.4 Å². The molecule has 2 rings (SSSR count). The van der Waals surface area contributed by atoms with Gasteiger partial charge in [0.15, 0.2) is 11.5 Å². The Balaban J connectivity index is 2.48. The van der Waals surface area contributed by atoms with Crippen molar-refractivity contribution in [2.75, 3.05) is 14.2 Å². The number of phenolic OH excluding ortho intramolecular Hbond substituents is 1. The summed E-state index contributed by atoms with van der Waals surface area (Å²) in [5.74, 6) is -0.408. The zero-order valence-corrected chi connectivity index (χ0v) is 13.3. The first-order valence-electron chi connectivity index (χ1n) is 6.62. The summed E-state index contributed by atoms with van der Waals surface area (Å²) in [7, 11) is 2.92. The summed E-state index contributed by atoms with van der Waals surface area (Å²) in [5.41, 5.74) is 0.991. The maximum atomic E-state index is 11.5. The van der Waals surface area contributed by atoms with Crippen LogP contribution in [0.2, 0.25) is 5.02 Å². The summed E-state index contributed by atoms with van der Waals surface area (Å²) in [4.78, 5) is 11.5. The van der Waals surface area contributed by atoms with Crippen LogP contribution in [0.15, 0.2) is 36.4 Å². The number of methoxy groups -OCH3 is 2. The van der Waals surface area contributed by atoms with Gasteiger partial charge in [-0.1, -0.05) is 23.7 Å². The number of hydrogen-bond acceptors (Lipinski definition) is 4. The zero-order valence-electron chi connectivity index (χ0n) is 12.5. The summed E-state index contributed by atoms with van der Waals surface area (Å²) in [6.45, 7) is 0. The first-order chi connectivity index (χ1) is 11.0. The number of carboxylic acids is 1. The highest BCUT2D eigenvalue weighted by Gasteiger charge is 2.13. The van der Waals surface area contributed by atoms with Gasteiger partial charge in [0.05, 0.1) is 24.8 Å². The number of rotatable bonds is 5. The Bertz CT molecular complexity index is 768. The number of ether oxygens (including phenoxy) is 2. The molecule has 0 saturated carbocycles. The van der Waals surface area contributed by atoms with Gasteiger partial charge in [-0.25, -0.2) is 4.79 Å². The van der Waals surface area contributed by atoms with Gasteiger partial charge in [0, 0.05) is 0 Å². The summed E-state index contributed by atoms with van der Waals surface area (Å²) in [5, 5.41) is 19.5. The first kappa shape index (κ1) is 16.7. The van der Waals surface area contributed by atoms with E-state index in [0.717, 1.165) is 0 Å². The van der Waals surface area contributed by atoms with Crippen LogP contribution in [0.1, 0.15) is 11.1 Å². The number of benzene rings is 2. The van der Waals surface area contributed by atoms with Crippen molar-refractivity contribution in [1.29, 1.82) is 0 Å². The van der Waals surface area contributed by atoms with Crippen LogP contribution in [0.4, 0.5) is 0 Å². The Morgan fingerprint density at radius 1 is 1.09 bits per heavy atom. The van der Waals surface area contributed by atoms with E-state index < -0.39 is 5.97 Å². The van der Waals surface area contributed by atoms with Gasteiger partial charge in [0.25, 0.3) is 0 Å². The standard InChI is InChI=1S/C17H15ClO5/c1-22-15-6-4-11(9-13(15)18)12(17(20)21)7-10-3-5-16(23-2)14(19)8-10/h3-9,19H,1-2H3,(H,20,21)/b12-7-. The van der Waals surface area contributed by atoms with Gasteiger partial charge >= 0.3 is 5.97 Å². The number of aliphatic carboxylic acids is 1. The van der Waals surface area contributed by atoms with Gasteiger partial charge in [-0.05, 0) is 41.5 Å². The van der Waals surface area contributed by atoms with Crippen LogP contribution in [-0.2, 0) is 4.79 Å². The van der Waals surface area contributed by atoms with E-state index in [2.05, 4.69) is 0 Å². The minimum Gasteiger partial charge on any atom is -0.504 e. The Hall–Kier alpha value is -2.66. The summed E-state index contributed by atoms with van der Waals surface area (Å²) >= 11 is 6.04. The second kappa shape index (κ2) is 7.07. The van der Waals surface area contributed by atoms with Crippen molar-refractivity contribution in [1.82, 2.24) is 0 Å². The molecule has 5 nitrogen and oxygen atoms in total. The average molecular weight is 335 g/mol. The predicted molar refractivity (Wildman–Crippen MR) is 88.2 cm³/mol. The van der Waals surface area contributed by atoms with Crippen LogP contribution in [0.5, 0.6) is 17.2 Å². The fourth-order valence-corrected chi connectivity index (χ4v) is 2.32. The molecule has 2 N–H and O–H groups in total. The largest absolute Gasteiger partial charge is 0.504 e. The van der Waals surface area contributed by atoms with Gasteiger partial charge in [-0.15, -0.1) is 0 Å². The summed E-state index contributed by atoms with van der Waals surface area (Å²) in [6.07, 6.45) is 1.44. The molecule has 0 aliphatic carbocycles. The van der Waals surface area contributed by atoms with Crippen molar-refractivity contribution in [3.05, 3.63) is 52.5 Å². The molecule has 2 aromatic carbocycles. The van der Waals surface area contributed by atoms with Crippen LogP contribution in [0.25, 0.3) is 11.6 Å². The Labute approximate surface area is 138 Å². The molecule has 0 bridgehead atoms. The van der Waals surface area contributed by atoms with E-state index in [9.17, 15) is 15.0 Å². The maximum absolute atomic E-state index is 11.5. The molecule has 0 saturated heterocycles. The lowest BCUT2D eigenvalue weighted by Gasteiger charge is -2.08. The van der Waals surface area contributed by atoms with Gasteiger partial charge in [-0.3, -0.25) is 0 Å². The number of carbonyl (C=O) groups is 1. The molecule has 0 unspecified atom stereocenters. The lowest BCUT2D eigenvalue weighted by molar-refractivity contribution is -0.130. The minimum absolute atomic E-state index is 0.0409. The fraction of sp³-hybridized carbons (Fsp3) is 0.118. The number of halogens is 1. The van der Waals surface area contributed by atoms with E-state index in [1.807, 2.05) is 0 Å². The molecule has 0 fully saturated rings. The topological polar surface area (TPSA) is 76.0 Å². The molecule has 0 heterocycles. The van der Waals surface area contributed by atoms with Crippen molar-refractivity contribution in [2.45, 2.75) is 0 Å². The second-order valence-electron chi connectivity index (χ2n) is 4.64. The van der Waals surface area contributed by atoms with Crippen LogP contribution in [0.3, 0.4) is 0 Å². The van der Waals surface area contributed by atoms with Crippen LogP contribution < -0.4 is 9.47 Å². The summed E-state index contributed by atoms with van der Waals surface area (Å²) in [6, 6.07) is 9.35. The highest BCUT2D eigenvalue weighted by molar-refractivity contribution is 6.32. The monoisotopic (exact) mass is 334 g/mol. The van der Waals surface area contributed by atoms with Crippen LogP contribution in [-0.4, -0.2) is 30.4 Å². The number of carboxylic acid groups (broad SMARTS) is 1. The molecule has 0 aliphatic rings. The first-order valence-corrected chi connectivity index (χ1v) is 7.00. The highest BCUT2D eigenvalue weighted by atomic mass is 35.5. The smallest absolute Gasteiger partial charge is 0.336 e. The summed E-state index contributed by atoms with van der Waals surface area (Å²) < 4.78 is 10.0. The maximum Gasteiger partial charge on any atom is 0.336 e. The van der Waals surface area contributed by atoms with Crippen molar-refractivity contribution in [3.63, 3.8) is 0 Å². The number of hydrogen-bond donors (Lipinski definition) is 2. The van der Waals surface area contributed by atoms with Gasteiger partial charge in [0.2, 0.25) is 0 Å². The van der Waals surface area contributed by atoms with Crippen LogP contribution in [0, 0.1) is 0 Å².